The van der Waals surface area contributed by atoms with Crippen LogP contribution >= 0.6 is 0 Å². The lowest BCUT2D eigenvalue weighted by Gasteiger charge is -2.24. The second-order valence-electron chi connectivity index (χ2n) is 6.41. The molecule has 3 heteroatoms. The number of hydrogen-bond donors (Lipinski definition) is 1. The van der Waals surface area contributed by atoms with E-state index >= 15 is 0 Å². The van der Waals surface area contributed by atoms with E-state index < -0.39 is 0 Å². The van der Waals surface area contributed by atoms with Crippen molar-refractivity contribution in [2.45, 2.75) is 38.3 Å². The van der Waals surface area contributed by atoms with E-state index in [1.165, 1.54) is 44.5 Å². The van der Waals surface area contributed by atoms with E-state index in [0.717, 1.165) is 12.6 Å². The first-order valence-corrected chi connectivity index (χ1v) is 8.37. The van der Waals surface area contributed by atoms with Crippen molar-refractivity contribution in [3.05, 3.63) is 35.9 Å². The lowest BCUT2D eigenvalue weighted by molar-refractivity contribution is 0.259. The Balaban J connectivity index is 1.85. The largest absolute Gasteiger partial charge is 0.310 e. The van der Waals surface area contributed by atoms with Gasteiger partial charge in [-0.15, -0.1) is 0 Å². The summed E-state index contributed by atoms with van der Waals surface area (Å²) in [7, 11) is 4.40. The lowest BCUT2D eigenvalue weighted by atomic mass is 10.0. The number of rotatable bonds is 8. The van der Waals surface area contributed by atoms with Gasteiger partial charge in [-0.25, -0.2) is 0 Å². The molecule has 118 valence electrons. The molecule has 21 heavy (non-hydrogen) atoms. The number of likely N-dealkylation sites (N-methyl/N-ethyl adjacent to an activating group) is 1. The molecule has 1 aromatic carbocycles. The maximum Gasteiger partial charge on any atom is 0.0332 e. The molecule has 2 atom stereocenters. The minimum Gasteiger partial charge on any atom is -0.310 e. The zero-order chi connectivity index (χ0) is 15.1. The summed E-state index contributed by atoms with van der Waals surface area (Å²) in [5.41, 5.74) is 1.43. The van der Waals surface area contributed by atoms with Crippen LogP contribution in [0.4, 0.5) is 0 Å². The smallest absolute Gasteiger partial charge is 0.0332 e. The van der Waals surface area contributed by atoms with Gasteiger partial charge in [-0.2, -0.15) is 0 Å². The zero-order valence-electron chi connectivity index (χ0n) is 13.9. The highest BCUT2D eigenvalue weighted by molar-refractivity contribution is 5.18. The van der Waals surface area contributed by atoms with Crippen LogP contribution in [0.2, 0.25) is 0 Å². The Bertz CT molecular complexity index is 391. The Labute approximate surface area is 130 Å². The minimum atomic E-state index is 0.490. The maximum absolute atomic E-state index is 3.71. The second-order valence-corrected chi connectivity index (χ2v) is 6.41. The number of nitrogens with one attached hydrogen (secondary N) is 1. The molecule has 1 aliphatic rings. The zero-order valence-corrected chi connectivity index (χ0v) is 13.9. The van der Waals surface area contributed by atoms with Crippen molar-refractivity contribution in [1.29, 1.82) is 0 Å². The summed E-state index contributed by atoms with van der Waals surface area (Å²) in [6.45, 7) is 7.00. The molecular weight excluding hydrogens is 258 g/mol. The van der Waals surface area contributed by atoms with Crippen molar-refractivity contribution in [1.82, 2.24) is 15.1 Å². The van der Waals surface area contributed by atoms with Crippen LogP contribution in [0.1, 0.15) is 37.8 Å². The molecule has 1 N–H and O–H groups in total. The predicted molar refractivity (Wildman–Crippen MR) is 90.6 cm³/mol. The van der Waals surface area contributed by atoms with Gasteiger partial charge in [0.25, 0.3) is 0 Å². The van der Waals surface area contributed by atoms with E-state index in [9.17, 15) is 0 Å². The maximum atomic E-state index is 3.71. The molecule has 2 unspecified atom stereocenters. The molecule has 1 heterocycles. The minimum absolute atomic E-state index is 0.490. The first-order chi connectivity index (χ1) is 10.2. The molecule has 0 saturated carbocycles. The summed E-state index contributed by atoms with van der Waals surface area (Å²) < 4.78 is 0. The SMILES string of the molecule is CCCNC(CCN1CCC(N(C)C)C1)c1ccccc1. The van der Waals surface area contributed by atoms with Crippen molar-refractivity contribution in [3.8, 4) is 0 Å². The third kappa shape index (κ3) is 5.10. The quantitative estimate of drug-likeness (QED) is 0.794. The fourth-order valence-electron chi connectivity index (χ4n) is 3.14. The van der Waals surface area contributed by atoms with Crippen LogP contribution in [0.15, 0.2) is 30.3 Å². The van der Waals surface area contributed by atoms with E-state index in [1.54, 1.807) is 0 Å². The van der Waals surface area contributed by atoms with Crippen molar-refractivity contribution in [3.63, 3.8) is 0 Å². The van der Waals surface area contributed by atoms with E-state index in [2.05, 4.69) is 66.5 Å². The standard InChI is InChI=1S/C18H31N3/c1-4-12-19-18(16-8-6-5-7-9-16)11-14-21-13-10-17(15-21)20(2)3/h5-9,17-19H,4,10-15H2,1-3H3. The molecule has 1 aliphatic heterocycles. The molecule has 0 radical (unpaired) electrons. The average Bonchev–Trinajstić information content (AvgIpc) is 2.97. The number of hydrogen-bond acceptors (Lipinski definition) is 3. The van der Waals surface area contributed by atoms with Crippen molar-refractivity contribution in [2.75, 3.05) is 40.3 Å². The topological polar surface area (TPSA) is 18.5 Å². The van der Waals surface area contributed by atoms with Gasteiger partial charge in [0.15, 0.2) is 0 Å². The summed E-state index contributed by atoms with van der Waals surface area (Å²) in [5.74, 6) is 0. The molecule has 2 rings (SSSR count). The van der Waals surface area contributed by atoms with Gasteiger partial charge in [-0.05, 0) is 52.0 Å². The first kappa shape index (κ1) is 16.5. The highest BCUT2D eigenvalue weighted by Gasteiger charge is 2.24. The fraction of sp³-hybridized carbons (Fsp3) is 0.667. The Morgan fingerprint density at radius 2 is 2.05 bits per heavy atom. The monoisotopic (exact) mass is 289 g/mol. The molecule has 0 amide bonds. The van der Waals surface area contributed by atoms with Crippen LogP contribution in [0.3, 0.4) is 0 Å². The number of benzene rings is 1. The predicted octanol–water partition coefficient (Wildman–Crippen LogP) is 2.75. The molecule has 0 aromatic heterocycles. The van der Waals surface area contributed by atoms with E-state index in [1.807, 2.05) is 0 Å². The van der Waals surface area contributed by atoms with Gasteiger partial charge in [0, 0.05) is 25.2 Å². The average molecular weight is 289 g/mol. The molecule has 1 aromatic rings. The van der Waals surface area contributed by atoms with Gasteiger partial charge in [0.2, 0.25) is 0 Å². The van der Waals surface area contributed by atoms with Crippen LogP contribution in [-0.2, 0) is 0 Å². The highest BCUT2D eigenvalue weighted by Crippen LogP contribution is 2.19. The van der Waals surface area contributed by atoms with Gasteiger partial charge in [-0.3, -0.25) is 0 Å². The van der Waals surface area contributed by atoms with Crippen molar-refractivity contribution < 1.29 is 0 Å². The van der Waals surface area contributed by atoms with Gasteiger partial charge in [-0.1, -0.05) is 37.3 Å². The molecule has 0 bridgehead atoms. The van der Waals surface area contributed by atoms with Crippen molar-refractivity contribution >= 4 is 0 Å². The molecule has 1 saturated heterocycles. The van der Waals surface area contributed by atoms with E-state index in [0.29, 0.717) is 6.04 Å². The third-order valence-corrected chi connectivity index (χ3v) is 4.55. The van der Waals surface area contributed by atoms with Crippen LogP contribution in [0.5, 0.6) is 0 Å². The first-order valence-electron chi connectivity index (χ1n) is 8.37. The normalized spacial score (nSPS) is 21.0. The second kappa shape index (κ2) is 8.52. The number of likely N-dealkylation sites (tertiary alicyclic amines) is 1. The summed E-state index contributed by atoms with van der Waals surface area (Å²) >= 11 is 0. The van der Waals surface area contributed by atoms with E-state index in [-0.39, 0.29) is 0 Å². The van der Waals surface area contributed by atoms with Crippen LogP contribution in [0, 0.1) is 0 Å². The lowest BCUT2D eigenvalue weighted by Crippen LogP contribution is -2.33. The molecule has 0 aliphatic carbocycles. The summed E-state index contributed by atoms with van der Waals surface area (Å²) in [4.78, 5) is 4.98. The number of nitrogens with zero attached hydrogens (tertiary/aromatic N) is 2. The summed E-state index contributed by atoms with van der Waals surface area (Å²) in [5, 5.41) is 3.71. The fourth-order valence-corrected chi connectivity index (χ4v) is 3.14. The van der Waals surface area contributed by atoms with Crippen LogP contribution < -0.4 is 5.32 Å². The summed E-state index contributed by atoms with van der Waals surface area (Å²) in [6.07, 6.45) is 3.70. The Kier molecular flexibility index (Phi) is 6.68. The Hall–Kier alpha value is -0.900. The van der Waals surface area contributed by atoms with Crippen LogP contribution in [-0.4, -0.2) is 56.1 Å². The Morgan fingerprint density at radius 1 is 1.29 bits per heavy atom. The van der Waals surface area contributed by atoms with Gasteiger partial charge in [0.1, 0.15) is 0 Å². The van der Waals surface area contributed by atoms with Crippen LogP contribution in [0.25, 0.3) is 0 Å². The summed E-state index contributed by atoms with van der Waals surface area (Å²) in [6, 6.07) is 12.1. The van der Waals surface area contributed by atoms with E-state index in [4.69, 9.17) is 0 Å². The van der Waals surface area contributed by atoms with Crippen molar-refractivity contribution in [2.24, 2.45) is 0 Å². The molecule has 1 fully saturated rings. The van der Waals surface area contributed by atoms with Gasteiger partial charge >= 0.3 is 0 Å². The van der Waals surface area contributed by atoms with Gasteiger partial charge < -0.3 is 15.1 Å². The molecular formula is C18H31N3. The van der Waals surface area contributed by atoms with Gasteiger partial charge in [0.05, 0.1) is 0 Å². The third-order valence-electron chi connectivity index (χ3n) is 4.55. The molecule has 0 spiro atoms. The molecule has 3 nitrogen and oxygen atoms in total. The highest BCUT2D eigenvalue weighted by atomic mass is 15.2. The Morgan fingerprint density at radius 3 is 2.67 bits per heavy atom.